The van der Waals surface area contributed by atoms with Gasteiger partial charge in [0.05, 0.1) is 12.9 Å². The Bertz CT molecular complexity index is 776. The summed E-state index contributed by atoms with van der Waals surface area (Å²) in [6.45, 7) is 0.300. The summed E-state index contributed by atoms with van der Waals surface area (Å²) in [5.41, 5.74) is 7.30. The molecule has 5 N–H and O–H groups in total. The van der Waals surface area contributed by atoms with Crippen molar-refractivity contribution >= 4 is 17.0 Å². The fourth-order valence-corrected chi connectivity index (χ4v) is 1.96. The molecule has 8 nitrogen and oxygen atoms in total. The number of aromatic hydroxyl groups is 3. The first kappa shape index (κ1) is 12.0. The van der Waals surface area contributed by atoms with Crippen LogP contribution in [0.1, 0.15) is 5.56 Å². The van der Waals surface area contributed by atoms with Gasteiger partial charge in [0.1, 0.15) is 11.8 Å². The molecule has 0 amide bonds. The van der Waals surface area contributed by atoms with Gasteiger partial charge < -0.3 is 25.6 Å². The second kappa shape index (κ2) is 4.26. The van der Waals surface area contributed by atoms with Gasteiger partial charge in [-0.05, 0) is 17.7 Å². The molecule has 8 heteroatoms. The van der Waals surface area contributed by atoms with E-state index in [4.69, 9.17) is 5.73 Å². The minimum Gasteiger partial charge on any atom is -0.504 e. The molecule has 1 aromatic carbocycles. The number of imidazole rings is 1. The van der Waals surface area contributed by atoms with Crippen molar-refractivity contribution in [3.63, 3.8) is 0 Å². The largest absolute Gasteiger partial charge is 0.504 e. The molecular formula is C12H11N5O3. The van der Waals surface area contributed by atoms with Crippen LogP contribution < -0.4 is 5.73 Å². The molecule has 0 aliphatic heterocycles. The van der Waals surface area contributed by atoms with Crippen molar-refractivity contribution in [3.8, 4) is 17.2 Å². The Hall–Kier alpha value is -3.03. The first-order chi connectivity index (χ1) is 9.56. The maximum Gasteiger partial charge on any atom is 0.200 e. The lowest BCUT2D eigenvalue weighted by Crippen LogP contribution is -2.00. The molecule has 3 rings (SSSR count). The molecule has 2 aromatic heterocycles. The lowest BCUT2D eigenvalue weighted by molar-refractivity contribution is 0.367. The molecule has 2 heterocycles. The lowest BCUT2D eigenvalue weighted by atomic mass is 10.2. The van der Waals surface area contributed by atoms with E-state index in [1.807, 2.05) is 0 Å². The number of hydrogen-bond donors (Lipinski definition) is 4. The first-order valence-electron chi connectivity index (χ1n) is 5.71. The van der Waals surface area contributed by atoms with E-state index in [9.17, 15) is 15.3 Å². The van der Waals surface area contributed by atoms with Crippen LogP contribution in [-0.2, 0) is 6.54 Å². The third-order valence-corrected chi connectivity index (χ3v) is 2.91. The van der Waals surface area contributed by atoms with Crippen molar-refractivity contribution in [2.75, 3.05) is 5.73 Å². The number of rotatable bonds is 2. The van der Waals surface area contributed by atoms with Crippen LogP contribution in [0.3, 0.4) is 0 Å². The number of nitrogen functional groups attached to an aromatic ring is 1. The van der Waals surface area contributed by atoms with E-state index in [2.05, 4.69) is 15.0 Å². The molecule has 0 bridgehead atoms. The number of phenolic OH excluding ortho intramolecular Hbond substituents is 3. The molecule has 0 aliphatic rings. The average molecular weight is 273 g/mol. The number of fused-ring (bicyclic) bond motifs is 1. The van der Waals surface area contributed by atoms with Crippen molar-refractivity contribution in [1.29, 1.82) is 0 Å². The Balaban J connectivity index is 2.04. The van der Waals surface area contributed by atoms with Crippen LogP contribution in [0.15, 0.2) is 24.8 Å². The summed E-state index contributed by atoms with van der Waals surface area (Å²) in [5.74, 6) is -1.04. The Labute approximate surface area is 112 Å². The summed E-state index contributed by atoms with van der Waals surface area (Å²) in [7, 11) is 0. The Morgan fingerprint density at radius 2 is 1.75 bits per heavy atom. The molecular weight excluding hydrogens is 262 g/mol. The molecule has 0 aliphatic carbocycles. The number of nitrogens with two attached hydrogens (primary N) is 1. The fourth-order valence-electron chi connectivity index (χ4n) is 1.96. The fraction of sp³-hybridized carbons (Fsp3) is 0.0833. The monoisotopic (exact) mass is 273 g/mol. The van der Waals surface area contributed by atoms with Crippen molar-refractivity contribution in [1.82, 2.24) is 19.5 Å². The standard InChI is InChI=1S/C12H11N5O3/c13-11-9-12(15-4-14-11)17(5-16-9)3-6-1-7(18)10(20)8(19)2-6/h1-2,4-5,18-20H,3H2,(H2,13,14,15). The first-order valence-corrected chi connectivity index (χ1v) is 5.71. The highest BCUT2D eigenvalue weighted by Crippen LogP contribution is 2.35. The molecule has 0 saturated heterocycles. The molecule has 0 atom stereocenters. The summed E-state index contributed by atoms with van der Waals surface area (Å²) in [5, 5.41) is 28.3. The average Bonchev–Trinajstić information content (AvgIpc) is 2.81. The molecule has 0 saturated carbocycles. The van der Waals surface area contributed by atoms with Crippen LogP contribution in [0.5, 0.6) is 17.2 Å². The van der Waals surface area contributed by atoms with Gasteiger partial charge in [-0.2, -0.15) is 0 Å². The van der Waals surface area contributed by atoms with E-state index in [-0.39, 0.29) is 5.82 Å². The topological polar surface area (TPSA) is 130 Å². The molecule has 20 heavy (non-hydrogen) atoms. The molecule has 102 valence electrons. The van der Waals surface area contributed by atoms with Gasteiger partial charge in [-0.15, -0.1) is 0 Å². The van der Waals surface area contributed by atoms with Crippen LogP contribution in [0.4, 0.5) is 5.82 Å². The highest BCUT2D eigenvalue weighted by Gasteiger charge is 2.11. The highest BCUT2D eigenvalue weighted by atomic mass is 16.3. The Morgan fingerprint density at radius 1 is 1.05 bits per heavy atom. The van der Waals surface area contributed by atoms with Crippen molar-refractivity contribution < 1.29 is 15.3 Å². The van der Waals surface area contributed by atoms with Crippen molar-refractivity contribution in [2.45, 2.75) is 6.54 Å². The van der Waals surface area contributed by atoms with E-state index in [0.717, 1.165) is 0 Å². The SMILES string of the molecule is Nc1ncnc2c1ncn2Cc1cc(O)c(O)c(O)c1. The molecule has 0 radical (unpaired) electrons. The molecule has 0 spiro atoms. The summed E-state index contributed by atoms with van der Waals surface area (Å²) in [6, 6.07) is 2.71. The van der Waals surface area contributed by atoms with Crippen LogP contribution in [0, 0.1) is 0 Å². The van der Waals surface area contributed by atoms with Gasteiger partial charge in [0.2, 0.25) is 0 Å². The van der Waals surface area contributed by atoms with Crippen LogP contribution in [-0.4, -0.2) is 34.8 Å². The second-order valence-electron chi connectivity index (χ2n) is 4.29. The van der Waals surface area contributed by atoms with Crippen LogP contribution >= 0.6 is 0 Å². The smallest absolute Gasteiger partial charge is 0.200 e. The number of nitrogens with zero attached hydrogens (tertiary/aromatic N) is 4. The van der Waals surface area contributed by atoms with E-state index < -0.39 is 17.2 Å². The van der Waals surface area contributed by atoms with Crippen LogP contribution in [0.2, 0.25) is 0 Å². The number of hydrogen-bond acceptors (Lipinski definition) is 7. The van der Waals surface area contributed by atoms with Gasteiger partial charge >= 0.3 is 0 Å². The van der Waals surface area contributed by atoms with Gasteiger partial charge in [0.25, 0.3) is 0 Å². The molecule has 0 fully saturated rings. The Morgan fingerprint density at radius 3 is 2.45 bits per heavy atom. The highest BCUT2D eigenvalue weighted by molar-refractivity contribution is 5.81. The van der Waals surface area contributed by atoms with Gasteiger partial charge in [0, 0.05) is 0 Å². The van der Waals surface area contributed by atoms with E-state index in [1.54, 1.807) is 4.57 Å². The maximum absolute atomic E-state index is 9.49. The number of phenols is 3. The van der Waals surface area contributed by atoms with Gasteiger partial charge in [-0.1, -0.05) is 0 Å². The number of aromatic nitrogens is 4. The maximum atomic E-state index is 9.49. The number of benzene rings is 1. The van der Waals surface area contributed by atoms with Gasteiger partial charge in [-0.25, -0.2) is 15.0 Å². The molecule has 3 aromatic rings. The summed E-state index contributed by atoms with van der Waals surface area (Å²) in [4.78, 5) is 12.1. The minimum atomic E-state index is -0.546. The minimum absolute atomic E-state index is 0.283. The lowest BCUT2D eigenvalue weighted by Gasteiger charge is -2.07. The van der Waals surface area contributed by atoms with Crippen molar-refractivity contribution in [2.24, 2.45) is 0 Å². The van der Waals surface area contributed by atoms with E-state index >= 15 is 0 Å². The third kappa shape index (κ3) is 1.83. The predicted octanol–water partition coefficient (Wildman–Crippen LogP) is 0.574. The zero-order valence-corrected chi connectivity index (χ0v) is 10.2. The van der Waals surface area contributed by atoms with Gasteiger partial charge in [-0.3, -0.25) is 0 Å². The van der Waals surface area contributed by atoms with Crippen LogP contribution in [0.25, 0.3) is 11.2 Å². The summed E-state index contributed by atoms with van der Waals surface area (Å²) >= 11 is 0. The second-order valence-corrected chi connectivity index (χ2v) is 4.29. The quantitative estimate of drug-likeness (QED) is 0.502. The molecule has 0 unspecified atom stereocenters. The zero-order valence-electron chi connectivity index (χ0n) is 10.2. The predicted molar refractivity (Wildman–Crippen MR) is 70.3 cm³/mol. The normalized spacial score (nSPS) is 11.0. The summed E-state index contributed by atoms with van der Waals surface area (Å²) in [6.07, 6.45) is 2.87. The van der Waals surface area contributed by atoms with E-state index in [0.29, 0.717) is 23.3 Å². The van der Waals surface area contributed by atoms with Crippen molar-refractivity contribution in [3.05, 3.63) is 30.4 Å². The van der Waals surface area contributed by atoms with Gasteiger partial charge in [0.15, 0.2) is 28.7 Å². The summed E-state index contributed by atoms with van der Waals surface area (Å²) < 4.78 is 1.69. The van der Waals surface area contributed by atoms with E-state index in [1.165, 1.54) is 24.8 Å². The third-order valence-electron chi connectivity index (χ3n) is 2.91. The number of anilines is 1. The zero-order chi connectivity index (χ0) is 14.3. The Kier molecular flexibility index (Phi) is 2.56.